The van der Waals surface area contributed by atoms with Gasteiger partial charge in [0.25, 0.3) is 11.8 Å². The summed E-state index contributed by atoms with van der Waals surface area (Å²) in [5, 5.41) is 18.1. The van der Waals surface area contributed by atoms with Crippen LogP contribution in [-0.2, 0) is 28.1 Å². The Morgan fingerprint density at radius 1 is 0.853 bits per heavy atom. The van der Waals surface area contributed by atoms with E-state index in [-0.39, 0.29) is 29.7 Å². The van der Waals surface area contributed by atoms with Crippen molar-refractivity contribution in [2.75, 3.05) is 44.2 Å². The number of aryl methyl sites for hydroxylation is 1. The number of hydrogen-bond donors (Lipinski definition) is 3. The molecule has 1 atom stereocenters. The lowest BCUT2D eigenvalue weighted by Crippen LogP contribution is -2.54. The predicted molar refractivity (Wildman–Crippen MR) is 259 cm³/mol. The van der Waals surface area contributed by atoms with E-state index >= 15 is 0 Å². The number of carbonyl (C=O) groups excluding carboxylic acids is 5. The first-order valence-electron chi connectivity index (χ1n) is 23.2. The molecule has 3 N–H and O–H groups in total. The van der Waals surface area contributed by atoms with E-state index < -0.39 is 35.6 Å². The second-order valence-corrected chi connectivity index (χ2v) is 20.2. The number of fused-ring (bicyclic) bond motifs is 2. The number of nitrogens with one attached hydrogen (secondary N) is 3. The lowest BCUT2D eigenvalue weighted by molar-refractivity contribution is -0.136. The van der Waals surface area contributed by atoms with Gasteiger partial charge in [0.15, 0.2) is 5.82 Å². The maximum atomic E-state index is 13.5. The summed E-state index contributed by atoms with van der Waals surface area (Å²) >= 11 is 3.54. The number of hydrogen-bond acceptors (Lipinski definition) is 12. The molecule has 6 aromatic rings. The molecular weight excluding hydrogens is 929 g/mol. The molecule has 16 nitrogen and oxygen atoms in total. The van der Waals surface area contributed by atoms with Crippen LogP contribution in [0.15, 0.2) is 81.8 Å². The standard InChI is InChI=1S/C51H53BrN10O6/c1-29-23-33(5-6-34(29)27-53-46(65)47-55-50(58-68-47)51(2,3)4)44-37-26-32(9-12-40(37)56-57-44)31-7-10-35(11-8-31)60-17-15-36(16-18-60)61-21-19-59(20-22-61)28-30-24-38-43(39(52)25-30)49(67)62(48(38)66)41-13-14-42(63)54-45(41)64/h5-12,23-26,36,41H,13-22,27-28H2,1-4H3,(H,53,65)(H,56,57)(H,54,63,64). The van der Waals surface area contributed by atoms with Crippen molar-refractivity contribution in [3.63, 3.8) is 0 Å². The third-order valence-electron chi connectivity index (χ3n) is 13.8. The van der Waals surface area contributed by atoms with E-state index in [1.807, 2.05) is 45.9 Å². The van der Waals surface area contributed by atoms with E-state index in [9.17, 15) is 24.0 Å². The molecule has 68 heavy (non-hydrogen) atoms. The van der Waals surface area contributed by atoms with E-state index in [2.05, 4.69) is 105 Å². The monoisotopic (exact) mass is 980 g/mol. The molecule has 0 spiro atoms. The van der Waals surface area contributed by atoms with Gasteiger partial charge in [-0.1, -0.05) is 56.3 Å². The Morgan fingerprint density at radius 2 is 1.59 bits per heavy atom. The highest BCUT2D eigenvalue weighted by molar-refractivity contribution is 9.10. The number of aromatic amines is 1. The smallest absolute Gasteiger partial charge is 0.315 e. The number of H-pyrrole nitrogens is 1. The number of benzene rings is 4. The van der Waals surface area contributed by atoms with Crippen LogP contribution in [0.4, 0.5) is 5.69 Å². The molecule has 4 aromatic carbocycles. The average molecular weight is 982 g/mol. The number of halogens is 1. The number of piperazine rings is 1. The molecular formula is C51H53BrN10O6. The first kappa shape index (κ1) is 45.2. The lowest BCUT2D eigenvalue weighted by atomic mass is 9.96. The fourth-order valence-corrected chi connectivity index (χ4v) is 10.6. The minimum atomic E-state index is -0.992. The van der Waals surface area contributed by atoms with Crippen LogP contribution in [0.1, 0.15) is 100 Å². The van der Waals surface area contributed by atoms with Crippen molar-refractivity contribution in [2.24, 2.45) is 0 Å². The van der Waals surface area contributed by atoms with Gasteiger partial charge in [0.2, 0.25) is 11.8 Å². The number of anilines is 1. The Bertz CT molecular complexity index is 2980. The lowest BCUT2D eigenvalue weighted by Gasteiger charge is -2.43. The molecule has 1 unspecified atom stereocenters. The van der Waals surface area contributed by atoms with Gasteiger partial charge in [-0.15, -0.1) is 0 Å². The summed E-state index contributed by atoms with van der Waals surface area (Å²) < 4.78 is 5.75. The van der Waals surface area contributed by atoms with Crippen molar-refractivity contribution in [1.82, 2.24) is 45.7 Å². The Kier molecular flexibility index (Phi) is 12.1. The van der Waals surface area contributed by atoms with E-state index in [0.717, 1.165) is 107 Å². The van der Waals surface area contributed by atoms with Gasteiger partial charge in [-0.25, -0.2) is 0 Å². The van der Waals surface area contributed by atoms with Gasteiger partial charge in [-0.3, -0.25) is 49.1 Å². The first-order valence-corrected chi connectivity index (χ1v) is 24.0. The van der Waals surface area contributed by atoms with Gasteiger partial charge in [0.1, 0.15) is 6.04 Å². The zero-order valence-electron chi connectivity index (χ0n) is 38.5. The second kappa shape index (κ2) is 18.2. The molecule has 0 bridgehead atoms. The van der Waals surface area contributed by atoms with Crippen molar-refractivity contribution >= 4 is 62.1 Å². The highest BCUT2D eigenvalue weighted by atomic mass is 79.9. The van der Waals surface area contributed by atoms with Crippen LogP contribution in [0.25, 0.3) is 33.3 Å². The zero-order valence-corrected chi connectivity index (χ0v) is 40.1. The molecule has 2 aromatic heterocycles. The molecule has 4 aliphatic rings. The summed E-state index contributed by atoms with van der Waals surface area (Å²) in [7, 11) is 0. The van der Waals surface area contributed by atoms with Gasteiger partial charge in [-0.2, -0.15) is 10.1 Å². The third-order valence-corrected chi connectivity index (χ3v) is 14.4. The molecule has 17 heteroatoms. The Hall–Kier alpha value is -6.56. The van der Waals surface area contributed by atoms with E-state index in [1.54, 1.807) is 6.07 Å². The quantitative estimate of drug-likeness (QED) is 0.123. The number of piperidine rings is 2. The van der Waals surface area contributed by atoms with Crippen LogP contribution in [0.2, 0.25) is 0 Å². The van der Waals surface area contributed by atoms with Crippen molar-refractivity contribution in [3.8, 4) is 22.4 Å². The van der Waals surface area contributed by atoms with Crippen LogP contribution in [0.5, 0.6) is 0 Å². The van der Waals surface area contributed by atoms with Gasteiger partial charge >= 0.3 is 11.8 Å². The normalized spacial score (nSPS) is 18.7. The summed E-state index contributed by atoms with van der Waals surface area (Å²) in [6.07, 6.45) is 2.39. The van der Waals surface area contributed by atoms with Crippen LogP contribution in [0, 0.1) is 6.92 Å². The van der Waals surface area contributed by atoms with Crippen LogP contribution >= 0.6 is 15.9 Å². The van der Waals surface area contributed by atoms with Crippen molar-refractivity contribution in [1.29, 1.82) is 0 Å². The largest absolute Gasteiger partial charge is 0.371 e. The van der Waals surface area contributed by atoms with Crippen LogP contribution in [0.3, 0.4) is 0 Å². The van der Waals surface area contributed by atoms with Crippen molar-refractivity contribution in [2.45, 2.75) is 84.0 Å². The molecule has 3 fully saturated rings. The van der Waals surface area contributed by atoms with Crippen molar-refractivity contribution in [3.05, 3.63) is 117 Å². The van der Waals surface area contributed by atoms with Crippen LogP contribution in [-0.4, -0.2) is 116 Å². The van der Waals surface area contributed by atoms with Gasteiger partial charge in [0.05, 0.1) is 22.3 Å². The highest BCUT2D eigenvalue weighted by Crippen LogP contribution is 2.36. The first-order chi connectivity index (χ1) is 32.7. The fraction of sp³-hybridized carbons (Fsp3) is 0.373. The summed E-state index contributed by atoms with van der Waals surface area (Å²) in [6.45, 7) is 14.6. The molecule has 10 rings (SSSR count). The van der Waals surface area contributed by atoms with E-state index in [0.29, 0.717) is 35.0 Å². The number of rotatable bonds is 10. The summed E-state index contributed by atoms with van der Waals surface area (Å²) in [5.41, 5.74) is 9.46. The van der Waals surface area contributed by atoms with Gasteiger partial charge in [-0.05, 0) is 112 Å². The van der Waals surface area contributed by atoms with E-state index in [1.165, 1.54) is 5.69 Å². The maximum absolute atomic E-state index is 13.5. The molecule has 350 valence electrons. The molecule has 0 aliphatic carbocycles. The molecule has 0 radical (unpaired) electrons. The number of carbonyl (C=O) groups is 5. The number of amides is 5. The number of nitrogens with zero attached hydrogens (tertiary/aromatic N) is 7. The topological polar surface area (TPSA) is 190 Å². The predicted octanol–water partition coefficient (Wildman–Crippen LogP) is 6.77. The molecule has 4 aliphatic heterocycles. The third kappa shape index (κ3) is 8.85. The zero-order chi connectivity index (χ0) is 47.4. The number of imide groups is 2. The molecule has 6 heterocycles. The Balaban J connectivity index is 0.715. The molecule has 3 saturated heterocycles. The van der Waals surface area contributed by atoms with Crippen LogP contribution < -0.4 is 15.5 Å². The summed E-state index contributed by atoms with van der Waals surface area (Å²) in [6, 6.07) is 24.6. The minimum Gasteiger partial charge on any atom is -0.371 e. The maximum Gasteiger partial charge on any atom is 0.315 e. The molecule has 0 saturated carbocycles. The minimum absolute atomic E-state index is 0.0467. The van der Waals surface area contributed by atoms with E-state index in [4.69, 9.17) is 9.62 Å². The summed E-state index contributed by atoms with van der Waals surface area (Å²) in [5.74, 6) is -1.98. The SMILES string of the molecule is Cc1cc(-c2n[nH]c3ccc(-c4ccc(N5CCC(N6CCN(Cc7cc(Br)c8c(c7)C(=O)N(C7CCC(=O)NC7=O)C8=O)CC6)CC5)cc4)cc23)ccc1CNC(=O)c1nc(C(C)(C)C)no1. The fourth-order valence-electron chi connectivity index (χ4n) is 9.92. The average Bonchev–Trinajstić information content (AvgIpc) is 4.06. The number of aromatic nitrogens is 4. The van der Waals surface area contributed by atoms with Gasteiger partial charge < -0.3 is 14.7 Å². The highest BCUT2D eigenvalue weighted by Gasteiger charge is 2.46. The molecule has 5 amide bonds. The van der Waals surface area contributed by atoms with Crippen molar-refractivity contribution < 1.29 is 28.5 Å². The summed E-state index contributed by atoms with van der Waals surface area (Å²) in [4.78, 5) is 76.6. The Labute approximate surface area is 401 Å². The second-order valence-electron chi connectivity index (χ2n) is 19.4. The Morgan fingerprint density at radius 3 is 2.29 bits per heavy atom. The van der Waals surface area contributed by atoms with Gasteiger partial charge in [0, 0.05) is 91.3 Å².